The number of amides is 1. The van der Waals surface area contributed by atoms with Crippen LogP contribution in [0.4, 0.5) is 0 Å². The smallest absolute Gasteiger partial charge is 0.225 e. The van der Waals surface area contributed by atoms with Gasteiger partial charge in [-0.2, -0.15) is 0 Å². The molecule has 1 aromatic rings. The summed E-state index contributed by atoms with van der Waals surface area (Å²) >= 11 is 3.42. The summed E-state index contributed by atoms with van der Waals surface area (Å²) in [6, 6.07) is 8.29. The molecule has 0 aromatic heterocycles. The van der Waals surface area contributed by atoms with Crippen LogP contribution in [0.3, 0.4) is 0 Å². The van der Waals surface area contributed by atoms with Crippen molar-refractivity contribution in [2.45, 2.75) is 38.3 Å². The van der Waals surface area contributed by atoms with Crippen LogP contribution in [0, 0.1) is 5.92 Å². The largest absolute Gasteiger partial charge is 0.341 e. The Morgan fingerprint density at radius 2 is 2.05 bits per heavy atom. The van der Waals surface area contributed by atoms with Crippen molar-refractivity contribution in [3.8, 4) is 0 Å². The van der Waals surface area contributed by atoms with E-state index in [2.05, 4.69) is 15.9 Å². The average Bonchev–Trinajstić information content (AvgIpc) is 2.40. The first-order chi connectivity index (χ1) is 9.06. The van der Waals surface area contributed by atoms with Gasteiger partial charge in [-0.25, -0.2) is 0 Å². The zero-order chi connectivity index (χ0) is 13.8. The van der Waals surface area contributed by atoms with E-state index in [1.54, 1.807) is 0 Å². The number of hydrogen-bond donors (Lipinski definition) is 1. The van der Waals surface area contributed by atoms with Gasteiger partial charge in [0.15, 0.2) is 0 Å². The summed E-state index contributed by atoms with van der Waals surface area (Å²) in [4.78, 5) is 14.2. The number of nitrogens with zero attached hydrogens (tertiary/aromatic N) is 1. The van der Waals surface area contributed by atoms with E-state index in [4.69, 9.17) is 5.73 Å². The molecule has 2 unspecified atom stereocenters. The average molecular weight is 325 g/mol. The number of halogens is 1. The molecule has 1 aliphatic rings. The molecule has 4 heteroatoms. The van der Waals surface area contributed by atoms with E-state index in [1.807, 2.05) is 36.2 Å². The Balaban J connectivity index is 1.93. The molecular formula is C15H21BrN2O. The lowest BCUT2D eigenvalue weighted by molar-refractivity contribution is -0.135. The predicted molar refractivity (Wildman–Crippen MR) is 80.5 cm³/mol. The molecule has 19 heavy (non-hydrogen) atoms. The van der Waals surface area contributed by atoms with Gasteiger partial charge in [-0.1, -0.05) is 34.5 Å². The lowest BCUT2D eigenvalue weighted by atomic mass is 9.85. The van der Waals surface area contributed by atoms with Crippen LogP contribution in [0.5, 0.6) is 0 Å². The first-order valence-corrected chi connectivity index (χ1v) is 7.60. The van der Waals surface area contributed by atoms with E-state index in [0.717, 1.165) is 35.7 Å². The number of carbonyl (C=O) groups excluding carboxylic acids is 1. The Bertz CT molecular complexity index is 432. The SMILES string of the molecule is CN(Cc1ccc(Br)cc1)C(=O)C1CCCC(N)C1. The fourth-order valence-electron chi connectivity index (χ4n) is 2.71. The Morgan fingerprint density at radius 3 is 2.68 bits per heavy atom. The number of benzene rings is 1. The molecule has 2 N–H and O–H groups in total. The lowest BCUT2D eigenvalue weighted by Gasteiger charge is -2.29. The van der Waals surface area contributed by atoms with Gasteiger partial charge in [0.1, 0.15) is 0 Å². The van der Waals surface area contributed by atoms with Crippen LogP contribution in [0.1, 0.15) is 31.2 Å². The molecule has 2 atom stereocenters. The first-order valence-electron chi connectivity index (χ1n) is 6.81. The third-order valence-electron chi connectivity index (χ3n) is 3.77. The van der Waals surface area contributed by atoms with Gasteiger partial charge < -0.3 is 10.6 Å². The van der Waals surface area contributed by atoms with Crippen molar-refractivity contribution in [2.75, 3.05) is 7.05 Å². The Kier molecular flexibility index (Phi) is 4.99. The third kappa shape index (κ3) is 4.05. The fourth-order valence-corrected chi connectivity index (χ4v) is 2.97. The van der Waals surface area contributed by atoms with Crippen LogP contribution in [0.15, 0.2) is 28.7 Å². The molecule has 104 valence electrons. The van der Waals surface area contributed by atoms with Crippen LogP contribution >= 0.6 is 15.9 Å². The van der Waals surface area contributed by atoms with Gasteiger partial charge >= 0.3 is 0 Å². The summed E-state index contributed by atoms with van der Waals surface area (Å²) in [5.74, 6) is 0.349. The van der Waals surface area contributed by atoms with Gasteiger partial charge in [-0.3, -0.25) is 4.79 Å². The van der Waals surface area contributed by atoms with Gasteiger partial charge in [0, 0.05) is 30.0 Å². The summed E-state index contributed by atoms with van der Waals surface area (Å²) in [6.45, 7) is 0.665. The Morgan fingerprint density at radius 1 is 1.37 bits per heavy atom. The standard InChI is InChI=1S/C15H21BrN2O/c1-18(10-11-5-7-13(16)8-6-11)15(19)12-3-2-4-14(17)9-12/h5-8,12,14H,2-4,9-10,17H2,1H3. The maximum atomic E-state index is 12.4. The van der Waals surface area contributed by atoms with Gasteiger partial charge in [-0.05, 0) is 37.0 Å². The van der Waals surface area contributed by atoms with Crippen molar-refractivity contribution < 1.29 is 4.79 Å². The summed E-state index contributed by atoms with van der Waals surface area (Å²) in [6.07, 6.45) is 3.95. The molecule has 0 saturated heterocycles. The highest BCUT2D eigenvalue weighted by atomic mass is 79.9. The van der Waals surface area contributed by atoms with E-state index < -0.39 is 0 Å². The van der Waals surface area contributed by atoms with Crippen LogP contribution in [0.25, 0.3) is 0 Å². The summed E-state index contributed by atoms with van der Waals surface area (Å²) in [5, 5.41) is 0. The van der Waals surface area contributed by atoms with E-state index >= 15 is 0 Å². The minimum Gasteiger partial charge on any atom is -0.341 e. The van der Waals surface area contributed by atoms with Crippen molar-refractivity contribution >= 4 is 21.8 Å². The van der Waals surface area contributed by atoms with Gasteiger partial charge in [-0.15, -0.1) is 0 Å². The molecule has 3 nitrogen and oxygen atoms in total. The van der Waals surface area contributed by atoms with Crippen molar-refractivity contribution in [1.82, 2.24) is 4.90 Å². The Labute approximate surface area is 123 Å². The van der Waals surface area contributed by atoms with Crippen molar-refractivity contribution in [3.05, 3.63) is 34.3 Å². The van der Waals surface area contributed by atoms with E-state index in [0.29, 0.717) is 6.54 Å². The number of carbonyl (C=O) groups is 1. The molecule has 0 radical (unpaired) electrons. The quantitative estimate of drug-likeness (QED) is 0.929. The second kappa shape index (κ2) is 6.53. The van der Waals surface area contributed by atoms with Crippen LogP contribution in [-0.4, -0.2) is 23.9 Å². The van der Waals surface area contributed by atoms with Crippen molar-refractivity contribution in [3.63, 3.8) is 0 Å². The van der Waals surface area contributed by atoms with E-state index in [9.17, 15) is 4.79 Å². The predicted octanol–water partition coefficient (Wildman–Crippen LogP) is 2.93. The molecule has 1 fully saturated rings. The number of rotatable bonds is 3. The second-order valence-corrected chi connectivity index (χ2v) is 6.36. The molecule has 0 bridgehead atoms. The monoisotopic (exact) mass is 324 g/mol. The van der Waals surface area contributed by atoms with E-state index in [-0.39, 0.29) is 17.9 Å². The summed E-state index contributed by atoms with van der Waals surface area (Å²) < 4.78 is 1.06. The van der Waals surface area contributed by atoms with Gasteiger partial charge in [0.25, 0.3) is 0 Å². The first kappa shape index (κ1) is 14.5. The number of hydrogen-bond acceptors (Lipinski definition) is 2. The topological polar surface area (TPSA) is 46.3 Å². The molecule has 1 aliphatic carbocycles. The minimum absolute atomic E-state index is 0.115. The van der Waals surface area contributed by atoms with Gasteiger partial charge in [0.05, 0.1) is 0 Å². The normalized spacial score (nSPS) is 23.1. The molecular weight excluding hydrogens is 304 g/mol. The highest BCUT2D eigenvalue weighted by Crippen LogP contribution is 2.25. The van der Waals surface area contributed by atoms with Gasteiger partial charge in [0.2, 0.25) is 5.91 Å². The van der Waals surface area contributed by atoms with Crippen LogP contribution in [-0.2, 0) is 11.3 Å². The molecule has 0 aliphatic heterocycles. The molecule has 1 amide bonds. The summed E-state index contributed by atoms with van der Waals surface area (Å²) in [7, 11) is 1.88. The molecule has 2 rings (SSSR count). The molecule has 1 saturated carbocycles. The maximum absolute atomic E-state index is 12.4. The maximum Gasteiger partial charge on any atom is 0.225 e. The molecule has 0 spiro atoms. The highest BCUT2D eigenvalue weighted by Gasteiger charge is 2.27. The fraction of sp³-hybridized carbons (Fsp3) is 0.533. The molecule has 1 aromatic carbocycles. The lowest BCUT2D eigenvalue weighted by Crippen LogP contribution is -2.38. The zero-order valence-corrected chi connectivity index (χ0v) is 12.9. The number of nitrogens with two attached hydrogens (primary N) is 1. The van der Waals surface area contributed by atoms with Crippen LogP contribution in [0.2, 0.25) is 0 Å². The third-order valence-corrected chi connectivity index (χ3v) is 4.30. The highest BCUT2D eigenvalue weighted by molar-refractivity contribution is 9.10. The van der Waals surface area contributed by atoms with Crippen LogP contribution < -0.4 is 5.73 Å². The second-order valence-electron chi connectivity index (χ2n) is 5.44. The van der Waals surface area contributed by atoms with Crippen molar-refractivity contribution in [1.29, 1.82) is 0 Å². The zero-order valence-electron chi connectivity index (χ0n) is 11.3. The Hall–Kier alpha value is -0.870. The molecule has 0 heterocycles. The minimum atomic E-state index is 0.115. The summed E-state index contributed by atoms with van der Waals surface area (Å²) in [5.41, 5.74) is 7.11. The van der Waals surface area contributed by atoms with E-state index in [1.165, 1.54) is 0 Å². The van der Waals surface area contributed by atoms with Crippen molar-refractivity contribution in [2.24, 2.45) is 11.7 Å².